The maximum atomic E-state index is 12.1. The first-order chi connectivity index (χ1) is 13.1. The van der Waals surface area contributed by atoms with Crippen LogP contribution >= 0.6 is 0 Å². The van der Waals surface area contributed by atoms with Crippen molar-refractivity contribution < 1.29 is 23.7 Å². The number of para-hydroxylation sites is 1. The fraction of sp³-hybridized carbons (Fsp3) is 0.143. The highest BCUT2D eigenvalue weighted by Gasteiger charge is 2.21. The zero-order valence-electron chi connectivity index (χ0n) is 15.3. The lowest BCUT2D eigenvalue weighted by Gasteiger charge is -2.07. The number of esters is 1. The molecule has 0 atom stereocenters. The van der Waals surface area contributed by atoms with E-state index in [2.05, 4.69) is 4.99 Å². The topological polar surface area (TPSA) is 66.3 Å². The second-order valence-electron chi connectivity index (χ2n) is 5.56. The zero-order valence-corrected chi connectivity index (χ0v) is 15.3. The molecule has 0 saturated heterocycles. The van der Waals surface area contributed by atoms with Gasteiger partial charge < -0.3 is 18.9 Å². The number of cyclic esters (lactones) is 1. The van der Waals surface area contributed by atoms with E-state index in [0.717, 1.165) is 16.9 Å². The van der Waals surface area contributed by atoms with Crippen LogP contribution in [0.4, 0.5) is 0 Å². The summed E-state index contributed by atoms with van der Waals surface area (Å²) < 4.78 is 21.0. The molecule has 0 saturated carbocycles. The van der Waals surface area contributed by atoms with Gasteiger partial charge in [-0.15, -0.1) is 0 Å². The van der Waals surface area contributed by atoms with Crippen LogP contribution in [-0.4, -0.2) is 33.2 Å². The highest BCUT2D eigenvalue weighted by molar-refractivity contribution is 6.11. The van der Waals surface area contributed by atoms with Crippen molar-refractivity contribution in [3.8, 4) is 17.2 Å². The van der Waals surface area contributed by atoms with Crippen LogP contribution in [0.25, 0.3) is 12.2 Å². The molecule has 0 amide bonds. The van der Waals surface area contributed by atoms with Crippen molar-refractivity contribution in [3.63, 3.8) is 0 Å². The van der Waals surface area contributed by atoms with Crippen LogP contribution in [0.1, 0.15) is 11.1 Å². The molecule has 2 aromatic carbocycles. The Morgan fingerprint density at radius 1 is 0.889 bits per heavy atom. The molecule has 0 aliphatic carbocycles. The number of hydrogen-bond acceptors (Lipinski definition) is 6. The van der Waals surface area contributed by atoms with E-state index in [1.165, 1.54) is 0 Å². The van der Waals surface area contributed by atoms with E-state index in [1.807, 2.05) is 24.3 Å². The minimum absolute atomic E-state index is 0.210. The summed E-state index contributed by atoms with van der Waals surface area (Å²) in [6.07, 6.45) is 5.05. The molecule has 3 rings (SSSR count). The normalized spacial score (nSPS) is 15.0. The minimum Gasteiger partial charge on any atom is -0.496 e. The molecule has 27 heavy (non-hydrogen) atoms. The van der Waals surface area contributed by atoms with Gasteiger partial charge in [0.05, 0.1) is 21.3 Å². The van der Waals surface area contributed by atoms with Gasteiger partial charge in [-0.1, -0.05) is 24.3 Å². The van der Waals surface area contributed by atoms with Crippen LogP contribution in [0.15, 0.2) is 59.2 Å². The van der Waals surface area contributed by atoms with Crippen LogP contribution in [0, 0.1) is 0 Å². The Labute approximate surface area is 157 Å². The highest BCUT2D eigenvalue weighted by atomic mass is 16.6. The van der Waals surface area contributed by atoms with Crippen molar-refractivity contribution in [2.24, 2.45) is 4.99 Å². The van der Waals surface area contributed by atoms with Gasteiger partial charge in [-0.25, -0.2) is 9.79 Å². The molecule has 0 spiro atoms. The van der Waals surface area contributed by atoms with E-state index in [4.69, 9.17) is 18.9 Å². The van der Waals surface area contributed by atoms with Crippen LogP contribution in [-0.2, 0) is 9.53 Å². The van der Waals surface area contributed by atoms with Crippen LogP contribution in [0.5, 0.6) is 17.2 Å². The maximum absolute atomic E-state index is 12.1. The molecule has 1 heterocycles. The van der Waals surface area contributed by atoms with Crippen LogP contribution < -0.4 is 14.2 Å². The summed E-state index contributed by atoms with van der Waals surface area (Å²) in [5, 5.41) is 0. The summed E-state index contributed by atoms with van der Waals surface area (Å²) in [7, 11) is 4.72. The molecule has 0 N–H and O–H groups in total. The number of benzene rings is 2. The first-order valence-electron chi connectivity index (χ1n) is 8.20. The molecule has 138 valence electrons. The average Bonchev–Trinajstić information content (AvgIpc) is 3.05. The largest absolute Gasteiger partial charge is 0.496 e. The summed E-state index contributed by atoms with van der Waals surface area (Å²) in [5.74, 6) is 1.61. The number of carbonyl (C=O) groups is 1. The second kappa shape index (κ2) is 8.23. The fourth-order valence-corrected chi connectivity index (χ4v) is 2.56. The summed E-state index contributed by atoms with van der Waals surface area (Å²) in [6, 6.07) is 12.9. The monoisotopic (exact) mass is 365 g/mol. The second-order valence-corrected chi connectivity index (χ2v) is 5.56. The van der Waals surface area contributed by atoms with Crippen LogP contribution in [0.3, 0.4) is 0 Å². The third-order valence-electron chi connectivity index (χ3n) is 3.89. The molecular weight excluding hydrogens is 346 g/mol. The molecule has 6 heteroatoms. The Kier molecular flexibility index (Phi) is 5.56. The number of aliphatic imine (C=N–C) groups is 1. The molecule has 0 aromatic heterocycles. The Morgan fingerprint density at radius 3 is 2.37 bits per heavy atom. The van der Waals surface area contributed by atoms with Crippen molar-refractivity contribution in [1.29, 1.82) is 0 Å². The lowest BCUT2D eigenvalue weighted by atomic mass is 10.1. The minimum atomic E-state index is -0.510. The number of nitrogens with zero attached hydrogens (tertiary/aromatic N) is 1. The molecule has 0 radical (unpaired) electrons. The first-order valence-corrected chi connectivity index (χ1v) is 8.20. The molecule has 0 unspecified atom stereocenters. The van der Waals surface area contributed by atoms with Crippen LogP contribution in [0.2, 0.25) is 0 Å². The van der Waals surface area contributed by atoms with Gasteiger partial charge in [0, 0.05) is 11.6 Å². The molecule has 2 aromatic rings. The summed E-state index contributed by atoms with van der Waals surface area (Å²) in [5.41, 5.74) is 1.82. The Balaban J connectivity index is 1.84. The third kappa shape index (κ3) is 4.17. The Bertz CT molecular complexity index is 943. The van der Waals surface area contributed by atoms with Gasteiger partial charge in [0.1, 0.15) is 5.75 Å². The predicted molar refractivity (Wildman–Crippen MR) is 103 cm³/mol. The van der Waals surface area contributed by atoms with Crippen molar-refractivity contribution in [3.05, 3.63) is 65.4 Å². The van der Waals surface area contributed by atoms with Crippen molar-refractivity contribution >= 4 is 24.0 Å². The third-order valence-corrected chi connectivity index (χ3v) is 3.89. The molecule has 0 bridgehead atoms. The van der Waals surface area contributed by atoms with Gasteiger partial charge in [0.2, 0.25) is 5.90 Å². The van der Waals surface area contributed by atoms with Crippen molar-refractivity contribution in [1.82, 2.24) is 0 Å². The molecular formula is C21H19NO5. The number of carbonyl (C=O) groups excluding carboxylic acids is 1. The molecule has 0 fully saturated rings. The SMILES string of the molecule is COc1ccccc1/C=C/C1=NC(=C/c2ccc(OC)c(OC)c2)/C(=O)O1. The van der Waals surface area contributed by atoms with Gasteiger partial charge in [-0.05, 0) is 35.9 Å². The van der Waals surface area contributed by atoms with Gasteiger partial charge in [0.15, 0.2) is 17.2 Å². The fourth-order valence-electron chi connectivity index (χ4n) is 2.56. The standard InChI is InChI=1S/C21H19NO5/c1-24-17-7-5-4-6-15(17)9-11-20-22-16(21(23)27-20)12-14-8-10-18(25-2)19(13-14)26-3/h4-13H,1-3H3/b11-9+,16-12+. The molecule has 1 aliphatic rings. The summed E-state index contributed by atoms with van der Waals surface area (Å²) in [4.78, 5) is 16.3. The smallest absolute Gasteiger partial charge is 0.363 e. The summed E-state index contributed by atoms with van der Waals surface area (Å²) in [6.45, 7) is 0. The van der Waals surface area contributed by atoms with E-state index < -0.39 is 5.97 Å². The zero-order chi connectivity index (χ0) is 19.2. The van der Waals surface area contributed by atoms with Gasteiger partial charge >= 0.3 is 5.97 Å². The molecule has 1 aliphatic heterocycles. The average molecular weight is 365 g/mol. The van der Waals surface area contributed by atoms with Gasteiger partial charge in [-0.3, -0.25) is 0 Å². The van der Waals surface area contributed by atoms with E-state index in [0.29, 0.717) is 11.5 Å². The maximum Gasteiger partial charge on any atom is 0.363 e. The van der Waals surface area contributed by atoms with E-state index in [9.17, 15) is 4.79 Å². The summed E-state index contributed by atoms with van der Waals surface area (Å²) >= 11 is 0. The van der Waals surface area contributed by atoms with Crippen molar-refractivity contribution in [2.45, 2.75) is 0 Å². The van der Waals surface area contributed by atoms with E-state index in [1.54, 1.807) is 57.8 Å². The van der Waals surface area contributed by atoms with Gasteiger partial charge in [-0.2, -0.15) is 0 Å². The number of rotatable bonds is 6. The number of hydrogen-bond donors (Lipinski definition) is 0. The quantitative estimate of drug-likeness (QED) is 0.577. The Morgan fingerprint density at radius 2 is 1.63 bits per heavy atom. The highest BCUT2D eigenvalue weighted by Crippen LogP contribution is 2.29. The van der Waals surface area contributed by atoms with Crippen molar-refractivity contribution in [2.75, 3.05) is 21.3 Å². The lowest BCUT2D eigenvalue weighted by molar-refractivity contribution is -0.129. The predicted octanol–water partition coefficient (Wildman–Crippen LogP) is 3.72. The van der Waals surface area contributed by atoms with E-state index in [-0.39, 0.29) is 11.6 Å². The Hall–Kier alpha value is -3.54. The van der Waals surface area contributed by atoms with E-state index >= 15 is 0 Å². The number of ether oxygens (including phenoxy) is 4. The van der Waals surface area contributed by atoms with Gasteiger partial charge in [0.25, 0.3) is 0 Å². The molecule has 6 nitrogen and oxygen atoms in total. The first kappa shape index (κ1) is 18.3. The lowest BCUT2D eigenvalue weighted by Crippen LogP contribution is -2.01. The number of methoxy groups -OCH3 is 3.